The molecule has 2 atom stereocenters. The van der Waals surface area contributed by atoms with Gasteiger partial charge in [0.05, 0.1) is 27.9 Å². The highest BCUT2D eigenvalue weighted by atomic mass is 35.5. The summed E-state index contributed by atoms with van der Waals surface area (Å²) in [6.07, 6.45) is 6.75. The van der Waals surface area contributed by atoms with E-state index in [9.17, 15) is 18.3 Å². The number of H-pyrrole nitrogens is 1. The smallest absolute Gasteiger partial charge is 0.176 e. The van der Waals surface area contributed by atoms with E-state index in [1.54, 1.807) is 18.3 Å². The predicted molar refractivity (Wildman–Crippen MR) is 130 cm³/mol. The molecule has 0 amide bonds. The van der Waals surface area contributed by atoms with Crippen molar-refractivity contribution in [3.05, 3.63) is 70.5 Å². The predicted octanol–water partition coefficient (Wildman–Crippen LogP) is 5.15. The molecule has 0 saturated carbocycles. The molecule has 0 aliphatic heterocycles. The average Bonchev–Trinajstić information content (AvgIpc) is 3.28. The van der Waals surface area contributed by atoms with E-state index >= 15 is 0 Å². The summed E-state index contributed by atoms with van der Waals surface area (Å²) in [6, 6.07) is 12.8. The molecule has 2 aromatic heterocycles. The molecule has 0 saturated heterocycles. The second kappa shape index (κ2) is 11.1. The molecule has 3 aromatic rings. The molecule has 1 aromatic carbocycles. The molecule has 2 N–H and O–H groups in total. The van der Waals surface area contributed by atoms with Gasteiger partial charge in [-0.25, -0.2) is 8.42 Å². The Hall–Kier alpha value is -2.48. The number of aromatic amines is 1. The van der Waals surface area contributed by atoms with E-state index in [0.29, 0.717) is 12.3 Å². The lowest BCUT2D eigenvalue weighted by molar-refractivity contribution is -0.108. The number of carbonyl (C=O) groups is 1. The number of aldehydes is 1. The molecule has 0 spiro atoms. The van der Waals surface area contributed by atoms with Crippen molar-refractivity contribution in [1.82, 2.24) is 9.97 Å². The third kappa shape index (κ3) is 6.31. The van der Waals surface area contributed by atoms with Crippen molar-refractivity contribution in [2.75, 3.05) is 6.26 Å². The van der Waals surface area contributed by atoms with E-state index in [2.05, 4.69) is 16.9 Å². The molecule has 2 heterocycles. The van der Waals surface area contributed by atoms with Crippen molar-refractivity contribution in [3.63, 3.8) is 0 Å². The Labute approximate surface area is 200 Å². The summed E-state index contributed by atoms with van der Waals surface area (Å²) in [5, 5.41) is 9.45. The van der Waals surface area contributed by atoms with E-state index in [1.807, 2.05) is 30.3 Å². The molecule has 8 heteroatoms. The third-order valence-electron chi connectivity index (χ3n) is 5.96. The van der Waals surface area contributed by atoms with Crippen molar-refractivity contribution in [1.29, 1.82) is 0 Å². The van der Waals surface area contributed by atoms with E-state index in [4.69, 9.17) is 11.6 Å². The quantitative estimate of drug-likeness (QED) is 0.363. The molecule has 0 aliphatic rings. The number of nitrogens with zero attached hydrogens (tertiary/aromatic N) is 1. The normalized spacial score (nSPS) is 13.6. The summed E-state index contributed by atoms with van der Waals surface area (Å²) in [5.41, 5.74) is 4.22. The maximum absolute atomic E-state index is 12.0. The topological polar surface area (TPSA) is 100 Å². The van der Waals surface area contributed by atoms with Crippen LogP contribution in [0.2, 0.25) is 5.02 Å². The lowest BCUT2D eigenvalue weighted by Gasteiger charge is -2.23. The van der Waals surface area contributed by atoms with Crippen LogP contribution in [0.15, 0.2) is 53.6 Å². The fraction of sp³-hybridized carbons (Fsp3) is 0.360. The first-order valence-corrected chi connectivity index (χ1v) is 13.2. The highest BCUT2D eigenvalue weighted by molar-refractivity contribution is 7.90. The molecule has 3 rings (SSSR count). The van der Waals surface area contributed by atoms with Crippen LogP contribution < -0.4 is 0 Å². The van der Waals surface area contributed by atoms with Gasteiger partial charge in [-0.3, -0.25) is 4.98 Å². The van der Waals surface area contributed by atoms with Gasteiger partial charge in [0.15, 0.2) is 9.84 Å². The van der Waals surface area contributed by atoms with Gasteiger partial charge in [0.2, 0.25) is 0 Å². The number of halogens is 1. The van der Waals surface area contributed by atoms with Gasteiger partial charge in [-0.05, 0) is 60.2 Å². The minimum atomic E-state index is -3.42. The zero-order chi connectivity index (χ0) is 24.0. The molecule has 0 radical (unpaired) electrons. The second-order valence-electron chi connectivity index (χ2n) is 8.31. The number of sulfone groups is 1. The number of aromatic nitrogens is 2. The van der Waals surface area contributed by atoms with Crippen LogP contribution in [0.4, 0.5) is 0 Å². The number of hydrogen-bond acceptors (Lipinski definition) is 5. The maximum Gasteiger partial charge on any atom is 0.176 e. The number of rotatable bonds is 11. The van der Waals surface area contributed by atoms with E-state index in [1.165, 1.54) is 0 Å². The van der Waals surface area contributed by atoms with Gasteiger partial charge in [-0.1, -0.05) is 37.1 Å². The van der Waals surface area contributed by atoms with Crippen LogP contribution in [-0.4, -0.2) is 36.0 Å². The van der Waals surface area contributed by atoms with Crippen molar-refractivity contribution < 1.29 is 18.3 Å². The fourth-order valence-electron chi connectivity index (χ4n) is 4.04. The average molecular weight is 489 g/mol. The second-order valence-corrected chi connectivity index (χ2v) is 10.7. The van der Waals surface area contributed by atoms with E-state index in [0.717, 1.165) is 60.0 Å². The van der Waals surface area contributed by atoms with Crippen molar-refractivity contribution in [2.45, 2.75) is 50.0 Å². The monoisotopic (exact) mass is 488 g/mol. The minimum absolute atomic E-state index is 0.0572. The highest BCUT2D eigenvalue weighted by Crippen LogP contribution is 2.36. The van der Waals surface area contributed by atoms with E-state index in [-0.39, 0.29) is 22.4 Å². The van der Waals surface area contributed by atoms with Crippen molar-refractivity contribution in [3.8, 4) is 11.4 Å². The van der Waals surface area contributed by atoms with Gasteiger partial charge in [0, 0.05) is 30.5 Å². The zero-order valence-electron chi connectivity index (χ0n) is 18.8. The molecular formula is C25H29ClN2O4S. The summed E-state index contributed by atoms with van der Waals surface area (Å²) >= 11 is 6.36. The molecule has 0 fully saturated rings. The van der Waals surface area contributed by atoms with E-state index < -0.39 is 9.84 Å². The number of hydrogen-bond donors (Lipinski definition) is 2. The van der Waals surface area contributed by atoms with Gasteiger partial charge in [0.25, 0.3) is 0 Å². The standard InChI is InChI=1S/C25H29ClN2O4S/c1-3-17(5-4-12-29)13-20(19-7-11-25(21(26)14-19)33(2,31)32)22-9-10-24(28-22)23-8-6-18(16-30)15-27-23/h6-12,14-15,17,20,28,30H,3-5,13,16H2,1-2H3. The van der Waals surface area contributed by atoms with Gasteiger partial charge in [-0.2, -0.15) is 0 Å². The lowest BCUT2D eigenvalue weighted by atomic mass is 9.83. The zero-order valence-corrected chi connectivity index (χ0v) is 20.4. The molecule has 176 valence electrons. The molecule has 0 bridgehead atoms. The number of nitrogens with one attached hydrogen (secondary N) is 1. The Bertz CT molecular complexity index is 1190. The first-order chi connectivity index (χ1) is 15.8. The van der Waals surface area contributed by atoms with Crippen LogP contribution in [0.1, 0.15) is 55.3 Å². The van der Waals surface area contributed by atoms with Gasteiger partial charge < -0.3 is 14.9 Å². The van der Waals surface area contributed by atoms with Gasteiger partial charge in [-0.15, -0.1) is 0 Å². The minimum Gasteiger partial charge on any atom is -0.392 e. The lowest BCUT2D eigenvalue weighted by Crippen LogP contribution is -2.10. The third-order valence-corrected chi connectivity index (χ3v) is 7.54. The van der Waals surface area contributed by atoms with Crippen LogP contribution in [0.5, 0.6) is 0 Å². The number of carbonyl (C=O) groups excluding carboxylic acids is 1. The van der Waals surface area contributed by atoms with Crippen molar-refractivity contribution >= 4 is 27.7 Å². The summed E-state index contributed by atoms with van der Waals surface area (Å²) in [6.45, 7) is 2.05. The summed E-state index contributed by atoms with van der Waals surface area (Å²) in [4.78, 5) is 18.9. The van der Waals surface area contributed by atoms with Crippen LogP contribution in [0, 0.1) is 5.92 Å². The van der Waals surface area contributed by atoms with Crippen LogP contribution in [0.3, 0.4) is 0 Å². The molecule has 2 unspecified atom stereocenters. The Morgan fingerprint density at radius 2 is 1.97 bits per heavy atom. The Morgan fingerprint density at radius 3 is 2.55 bits per heavy atom. The Balaban J connectivity index is 1.99. The SMILES string of the molecule is CCC(CCC=O)CC(c1ccc(S(C)(=O)=O)c(Cl)c1)c1ccc(-c2ccc(CO)cn2)[nH]1. The Morgan fingerprint density at radius 1 is 1.18 bits per heavy atom. The van der Waals surface area contributed by atoms with Gasteiger partial charge in [0.1, 0.15) is 6.29 Å². The number of pyridine rings is 1. The largest absolute Gasteiger partial charge is 0.392 e. The summed E-state index contributed by atoms with van der Waals surface area (Å²) in [5.74, 6) is 0.264. The Kier molecular flexibility index (Phi) is 8.46. The van der Waals surface area contributed by atoms with Crippen LogP contribution >= 0.6 is 11.6 Å². The summed E-state index contributed by atoms with van der Waals surface area (Å²) < 4.78 is 24.0. The maximum atomic E-state index is 12.0. The number of aliphatic hydroxyl groups excluding tert-OH is 1. The highest BCUT2D eigenvalue weighted by Gasteiger charge is 2.23. The molecule has 33 heavy (non-hydrogen) atoms. The molecule has 0 aliphatic carbocycles. The summed E-state index contributed by atoms with van der Waals surface area (Å²) in [7, 11) is -3.42. The van der Waals surface area contributed by atoms with Crippen LogP contribution in [-0.2, 0) is 21.2 Å². The first kappa shape index (κ1) is 25.1. The molecule has 6 nitrogen and oxygen atoms in total. The molecular weight excluding hydrogens is 460 g/mol. The van der Waals surface area contributed by atoms with Crippen LogP contribution in [0.25, 0.3) is 11.4 Å². The van der Waals surface area contributed by atoms with Gasteiger partial charge >= 0.3 is 0 Å². The number of aliphatic hydroxyl groups is 1. The van der Waals surface area contributed by atoms with Crippen molar-refractivity contribution in [2.24, 2.45) is 5.92 Å². The fourth-order valence-corrected chi connectivity index (χ4v) is 5.38. The first-order valence-electron chi connectivity index (χ1n) is 10.9. The number of benzene rings is 1.